The zero-order valence-electron chi connectivity index (χ0n) is 34.8. The van der Waals surface area contributed by atoms with E-state index in [0.29, 0.717) is 0 Å². The molecule has 0 radical (unpaired) electrons. The highest BCUT2D eigenvalue weighted by Gasteiger charge is 2.28. The molecule has 63 heavy (non-hydrogen) atoms. The van der Waals surface area contributed by atoms with Crippen LogP contribution in [0.25, 0.3) is 100 Å². The predicted octanol–water partition coefficient (Wildman–Crippen LogP) is 15.5. The van der Waals surface area contributed by atoms with Crippen LogP contribution in [0.15, 0.2) is 200 Å². The molecule has 0 fully saturated rings. The molecule has 3 heterocycles. The minimum Gasteiger partial charge on any atom is -0.355 e. The van der Waals surface area contributed by atoms with Gasteiger partial charge in [-0.3, -0.25) is 0 Å². The number of rotatable bonds is 6. The van der Waals surface area contributed by atoms with Crippen molar-refractivity contribution in [2.75, 3.05) is 0 Å². The molecule has 0 bridgehead atoms. The first-order valence-electron chi connectivity index (χ1n) is 22.2. The van der Waals surface area contributed by atoms with Gasteiger partial charge in [-0.15, -0.1) is 0 Å². The van der Waals surface area contributed by atoms with Gasteiger partial charge in [0, 0.05) is 55.2 Å². The van der Waals surface area contributed by atoms with Crippen LogP contribution in [0.2, 0.25) is 0 Å². The molecule has 3 aromatic heterocycles. The second-order valence-corrected chi connectivity index (χ2v) is 17.3. The van der Waals surface area contributed by atoms with Crippen LogP contribution >= 0.6 is 0 Å². The smallest absolute Gasteiger partial charge is 0.0564 e. The Morgan fingerprint density at radius 3 is 1.57 bits per heavy atom. The van der Waals surface area contributed by atoms with Crippen LogP contribution in [0.5, 0.6) is 0 Å². The minimum atomic E-state index is 0.182. The molecule has 298 valence electrons. The Bertz CT molecular complexity index is 3520. The summed E-state index contributed by atoms with van der Waals surface area (Å²) in [5, 5.41) is 5.13. The average Bonchev–Trinajstić information content (AvgIpc) is 4.01. The summed E-state index contributed by atoms with van der Waals surface area (Å²) in [6.07, 6.45) is 10.2. The Morgan fingerprint density at radius 2 is 0.984 bits per heavy atom. The van der Waals surface area contributed by atoms with E-state index in [2.05, 4.69) is 226 Å². The lowest BCUT2D eigenvalue weighted by molar-refractivity contribution is 0.592. The highest BCUT2D eigenvalue weighted by Crippen LogP contribution is 2.44. The number of allylic oxidation sites excluding steroid dienone is 2. The molecule has 2 aliphatic rings. The number of fused-ring (bicyclic) bond motifs is 9. The molecule has 13 rings (SSSR count). The number of nitrogens with zero attached hydrogens (tertiary/aromatic N) is 2. The lowest BCUT2D eigenvalue weighted by Gasteiger charge is -2.25. The van der Waals surface area contributed by atoms with Gasteiger partial charge in [0.1, 0.15) is 0 Å². The van der Waals surface area contributed by atoms with Gasteiger partial charge in [-0.25, -0.2) is 0 Å². The summed E-state index contributed by atoms with van der Waals surface area (Å²) in [6, 6.07) is 71.5. The number of aromatic amines is 1. The first-order chi connectivity index (χ1) is 31.2. The van der Waals surface area contributed by atoms with E-state index in [1.807, 2.05) is 0 Å². The first-order valence-corrected chi connectivity index (χ1v) is 22.2. The van der Waals surface area contributed by atoms with Crippen LogP contribution in [-0.2, 0) is 12.8 Å². The van der Waals surface area contributed by atoms with Gasteiger partial charge >= 0.3 is 0 Å². The van der Waals surface area contributed by atoms with Crippen LogP contribution in [0.4, 0.5) is 0 Å². The van der Waals surface area contributed by atoms with E-state index in [0.717, 1.165) is 19.3 Å². The average molecular weight is 806 g/mol. The number of benzene rings is 8. The maximum Gasteiger partial charge on any atom is 0.0564 e. The number of nitrogens with one attached hydrogen (secondary N) is 1. The van der Waals surface area contributed by atoms with Crippen molar-refractivity contribution < 1.29 is 0 Å². The number of hydrogen-bond acceptors (Lipinski definition) is 0. The minimum absolute atomic E-state index is 0.182. The summed E-state index contributed by atoms with van der Waals surface area (Å²) < 4.78 is 5.14. The molecule has 3 heteroatoms. The fourth-order valence-corrected chi connectivity index (χ4v) is 10.7. The fraction of sp³-hybridized carbons (Fsp3) is 0.0667. The summed E-state index contributed by atoms with van der Waals surface area (Å²) >= 11 is 0. The molecule has 1 N–H and O–H groups in total. The summed E-state index contributed by atoms with van der Waals surface area (Å²) in [6.45, 7) is 0. The van der Waals surface area contributed by atoms with E-state index in [9.17, 15) is 0 Å². The molecule has 0 spiro atoms. The first kappa shape index (κ1) is 35.8. The van der Waals surface area contributed by atoms with Crippen LogP contribution in [0.1, 0.15) is 40.5 Å². The standard InChI is InChI=1S/C60H43N3/c1-5-13-39(14-6-1)43-21-29-57-51(33-43)52-34-44(40-15-7-2-8-16-40)22-30-58(52)62(57)47-25-27-55-49(37-47)50-38-48(26-28-56(50)61-55)63-59-31-23-45(41-17-9-3-10-18-41)35-53(59)54-36-46(24-32-60(54)63)42-19-11-4-12-20-42/h1-23,25-31,33-37,48,61H,24,32,38H2. The van der Waals surface area contributed by atoms with Crippen LogP contribution in [0, 0.1) is 0 Å². The lowest BCUT2D eigenvalue weighted by Crippen LogP contribution is -2.16. The summed E-state index contributed by atoms with van der Waals surface area (Å²) in [7, 11) is 0. The molecule has 0 aliphatic heterocycles. The third kappa shape index (κ3) is 5.88. The topological polar surface area (TPSA) is 25.6 Å². The molecule has 8 aromatic carbocycles. The third-order valence-electron chi connectivity index (χ3n) is 13.7. The predicted molar refractivity (Wildman–Crippen MR) is 265 cm³/mol. The quantitative estimate of drug-likeness (QED) is 0.173. The van der Waals surface area contributed by atoms with E-state index in [1.165, 1.54) is 116 Å². The molecule has 1 unspecified atom stereocenters. The molecule has 3 nitrogen and oxygen atoms in total. The van der Waals surface area contributed by atoms with Crippen molar-refractivity contribution in [3.8, 4) is 39.1 Å². The molecule has 0 saturated carbocycles. The van der Waals surface area contributed by atoms with E-state index in [-0.39, 0.29) is 6.04 Å². The third-order valence-corrected chi connectivity index (χ3v) is 13.7. The lowest BCUT2D eigenvalue weighted by atomic mass is 9.90. The maximum atomic E-state index is 3.81. The van der Waals surface area contributed by atoms with E-state index in [1.54, 1.807) is 0 Å². The van der Waals surface area contributed by atoms with Crippen LogP contribution < -0.4 is 0 Å². The van der Waals surface area contributed by atoms with Crippen LogP contribution in [0.3, 0.4) is 0 Å². The molecule has 11 aromatic rings. The Balaban J connectivity index is 0.946. The monoisotopic (exact) mass is 805 g/mol. The zero-order chi connectivity index (χ0) is 41.4. The molecule has 2 aliphatic carbocycles. The van der Waals surface area contributed by atoms with Crippen molar-refractivity contribution in [2.45, 2.75) is 25.3 Å². The maximum absolute atomic E-state index is 3.81. The number of hydrogen-bond donors (Lipinski definition) is 1. The largest absolute Gasteiger partial charge is 0.355 e. The molecule has 0 amide bonds. The Labute approximate surface area is 366 Å². The number of H-pyrrole nitrogens is 1. The van der Waals surface area contributed by atoms with Gasteiger partial charge in [0.05, 0.1) is 17.1 Å². The van der Waals surface area contributed by atoms with Gasteiger partial charge in [0.25, 0.3) is 0 Å². The van der Waals surface area contributed by atoms with Crippen molar-refractivity contribution in [1.82, 2.24) is 14.1 Å². The van der Waals surface area contributed by atoms with Crippen LogP contribution in [-0.4, -0.2) is 14.1 Å². The van der Waals surface area contributed by atoms with Crippen molar-refractivity contribution >= 4 is 61.3 Å². The van der Waals surface area contributed by atoms with Gasteiger partial charge in [-0.2, -0.15) is 0 Å². The van der Waals surface area contributed by atoms with Crippen molar-refractivity contribution in [3.63, 3.8) is 0 Å². The summed E-state index contributed by atoms with van der Waals surface area (Å²) in [4.78, 5) is 3.81. The van der Waals surface area contributed by atoms with E-state index in [4.69, 9.17) is 0 Å². The SMILES string of the molecule is C1=CC(n2c3c(c4cc(-c5ccccc5)ccc42)C=C(c2ccccc2)CC3)Cc2c1[nH]c1ccc(-n3c4ccc(-c5ccccc5)cc4c4cc(-c5ccccc5)ccc43)cc21. The molecule has 0 saturated heterocycles. The second-order valence-electron chi connectivity index (χ2n) is 17.3. The van der Waals surface area contributed by atoms with E-state index >= 15 is 0 Å². The Morgan fingerprint density at radius 1 is 0.444 bits per heavy atom. The highest BCUT2D eigenvalue weighted by molar-refractivity contribution is 6.12. The van der Waals surface area contributed by atoms with Gasteiger partial charge < -0.3 is 14.1 Å². The summed E-state index contributed by atoms with van der Waals surface area (Å²) in [5.41, 5.74) is 21.6. The Kier molecular flexibility index (Phi) is 8.17. The van der Waals surface area contributed by atoms with Gasteiger partial charge in [0.2, 0.25) is 0 Å². The summed E-state index contributed by atoms with van der Waals surface area (Å²) in [5.74, 6) is 0. The van der Waals surface area contributed by atoms with E-state index < -0.39 is 0 Å². The van der Waals surface area contributed by atoms with Gasteiger partial charge in [0.15, 0.2) is 0 Å². The molecular weight excluding hydrogens is 763 g/mol. The van der Waals surface area contributed by atoms with Crippen molar-refractivity contribution in [3.05, 3.63) is 228 Å². The second kappa shape index (κ2) is 14.4. The van der Waals surface area contributed by atoms with Gasteiger partial charge in [-0.05, 0) is 136 Å². The molecular formula is C60H43N3. The Hall–Kier alpha value is -7.88. The number of aromatic nitrogens is 3. The van der Waals surface area contributed by atoms with Crippen molar-refractivity contribution in [2.24, 2.45) is 0 Å². The normalized spacial score (nSPS) is 14.7. The zero-order valence-corrected chi connectivity index (χ0v) is 34.8. The van der Waals surface area contributed by atoms with Crippen molar-refractivity contribution in [1.29, 1.82) is 0 Å². The highest BCUT2D eigenvalue weighted by atomic mass is 15.0. The molecule has 1 atom stereocenters. The van der Waals surface area contributed by atoms with Gasteiger partial charge in [-0.1, -0.05) is 146 Å². The fourth-order valence-electron chi connectivity index (χ4n) is 10.7.